The van der Waals surface area contributed by atoms with Gasteiger partial charge in [0.2, 0.25) is 0 Å². The van der Waals surface area contributed by atoms with Crippen LogP contribution in [-0.2, 0) is 23.8 Å². The number of Topliss-reactive ketones (excluding diaryl/α,β-unsaturated/α-hetero) is 1. The molecule has 1 amide bonds. The largest absolute Gasteiger partial charge is 0.507 e. The van der Waals surface area contributed by atoms with E-state index in [9.17, 15) is 30.0 Å². The molecule has 5 bridgehead atoms. The van der Waals surface area contributed by atoms with Crippen molar-refractivity contribution in [2.45, 2.75) is 136 Å². The van der Waals surface area contributed by atoms with Gasteiger partial charge in [0.05, 0.1) is 41.2 Å². The number of likely N-dealkylation sites (tertiary alicyclic amines) is 1. The highest BCUT2D eigenvalue weighted by Crippen LogP contribution is 2.54. The second-order valence-electron chi connectivity index (χ2n) is 20.6. The van der Waals surface area contributed by atoms with Crippen LogP contribution in [0.3, 0.4) is 0 Å². The van der Waals surface area contributed by atoms with Crippen molar-refractivity contribution in [3.8, 4) is 17.2 Å². The van der Waals surface area contributed by atoms with Crippen molar-refractivity contribution >= 4 is 34.1 Å². The predicted octanol–water partition coefficient (Wildman–Crippen LogP) is 8.38. The number of ketones is 1. The first kappa shape index (κ1) is 52.9. The van der Waals surface area contributed by atoms with Gasteiger partial charge in [-0.2, -0.15) is 0 Å². The van der Waals surface area contributed by atoms with Crippen LogP contribution < -0.4 is 20.8 Å². The minimum Gasteiger partial charge on any atom is -0.507 e. The fraction of sp³-hybridized carbons (Fsp3) is 0.466. The van der Waals surface area contributed by atoms with Crippen LogP contribution in [0.25, 0.3) is 10.8 Å². The first-order chi connectivity index (χ1) is 34.8. The smallest absolute Gasteiger partial charge is 0.312 e. The molecule has 0 aliphatic carbocycles. The highest BCUT2D eigenvalue weighted by Gasteiger charge is 2.52. The van der Waals surface area contributed by atoms with Gasteiger partial charge in [-0.25, -0.2) is 4.99 Å². The molecule has 1 fully saturated rings. The number of hydrogen-bond acceptors (Lipinski definition) is 14. The molecule has 5 aliphatic heterocycles. The number of phenols is 2. The second kappa shape index (κ2) is 21.2. The number of phenolic OH excluding ortho intramolecular Hbond substituents is 2. The number of hydrogen-bond donors (Lipinski definition) is 5. The molecule has 5 aliphatic rings. The molecule has 1 unspecified atom stereocenters. The number of aliphatic hydroxyl groups is 2. The van der Waals surface area contributed by atoms with Crippen molar-refractivity contribution in [2.24, 2.45) is 33.7 Å². The van der Waals surface area contributed by atoms with Crippen molar-refractivity contribution in [2.75, 3.05) is 19.0 Å². The molecular weight excluding hydrogens is 929 g/mol. The number of fused-ring (bicyclic) bond motifs is 13. The first-order valence-electron chi connectivity index (χ1n) is 25.5. The van der Waals surface area contributed by atoms with E-state index in [0.29, 0.717) is 12.8 Å². The number of aliphatic hydroxyl groups excluding tert-OH is 2. The molecule has 4 aromatic carbocycles. The summed E-state index contributed by atoms with van der Waals surface area (Å²) in [4.78, 5) is 54.7. The number of rotatable bonds is 7. The summed E-state index contributed by atoms with van der Waals surface area (Å²) in [6, 6.07) is 20.2. The zero-order valence-electron chi connectivity index (χ0n) is 43.5. The van der Waals surface area contributed by atoms with E-state index < -0.39 is 88.7 Å². The molecule has 0 aromatic heterocycles. The Morgan fingerprint density at radius 2 is 1.49 bits per heavy atom. The van der Waals surface area contributed by atoms with Crippen molar-refractivity contribution in [3.63, 3.8) is 0 Å². The molecule has 15 heteroatoms. The van der Waals surface area contributed by atoms with E-state index in [1.165, 1.54) is 27.2 Å². The van der Waals surface area contributed by atoms with Gasteiger partial charge in [0.25, 0.3) is 11.7 Å². The molecule has 0 saturated carbocycles. The van der Waals surface area contributed by atoms with Crippen LogP contribution >= 0.6 is 0 Å². The molecule has 388 valence electrons. The number of aromatic hydroxyl groups is 2. The summed E-state index contributed by atoms with van der Waals surface area (Å²) in [6.07, 6.45) is 6.70. The van der Waals surface area contributed by atoms with E-state index >= 15 is 4.79 Å². The third-order valence-corrected chi connectivity index (χ3v) is 15.6. The molecule has 15 nitrogen and oxygen atoms in total. The third-order valence-electron chi connectivity index (χ3n) is 15.6. The summed E-state index contributed by atoms with van der Waals surface area (Å²) >= 11 is 0. The Bertz CT molecular complexity index is 2930. The molecule has 1 spiro atoms. The molecule has 73 heavy (non-hydrogen) atoms. The maximum absolute atomic E-state index is 15.2. The Morgan fingerprint density at radius 3 is 2.08 bits per heavy atom. The number of amides is 1. The topological polar surface area (TPSA) is 209 Å². The van der Waals surface area contributed by atoms with Crippen LogP contribution in [0.15, 0.2) is 107 Å². The van der Waals surface area contributed by atoms with Gasteiger partial charge in [0.1, 0.15) is 34.0 Å². The number of anilines is 1. The Morgan fingerprint density at radius 1 is 0.863 bits per heavy atom. The van der Waals surface area contributed by atoms with Crippen LogP contribution in [0.5, 0.6) is 17.2 Å². The fourth-order valence-corrected chi connectivity index (χ4v) is 11.4. The molecular formula is C58H70N4O11. The number of unbranched alkanes of at least 4 members (excludes halogenated alkanes) is 1. The second-order valence-corrected chi connectivity index (χ2v) is 20.6. The SMILES string of the molecule is CCCCN1[C@@H](c2ccccc2)CC2(C[C@H]1c1ccccc1)N=c1c(c3c4c5c(C)c(O)c3c(O)c1=NC(=O)/C(C)=C\C=C/[C@H](C)[C@H](O)[C@@H](C)[C@H](O)[C@H](C)[C@H](OC(C)=O)[C@H](C)[C@@H](OC)/C=C\O[C@@](C)(O5)C4=O)N2. The highest BCUT2D eigenvalue weighted by molar-refractivity contribution is 6.21. The normalized spacial score (nSPS) is 32.4. The summed E-state index contributed by atoms with van der Waals surface area (Å²) in [5.74, 6) is -7.30. The van der Waals surface area contributed by atoms with Crippen molar-refractivity contribution < 1.29 is 53.8 Å². The summed E-state index contributed by atoms with van der Waals surface area (Å²) in [6.45, 7) is 15.9. The molecule has 1 saturated heterocycles. The van der Waals surface area contributed by atoms with E-state index in [0.717, 1.165) is 30.5 Å². The number of ether oxygens (including phenoxy) is 4. The Kier molecular flexibility index (Phi) is 15.4. The number of carbonyl (C=O) groups is 3. The van der Waals surface area contributed by atoms with E-state index in [1.54, 1.807) is 65.8 Å². The minimum absolute atomic E-state index is 0.0282. The lowest BCUT2D eigenvalue weighted by atomic mass is 9.78. The average molecular weight is 999 g/mol. The van der Waals surface area contributed by atoms with Crippen LogP contribution in [-0.4, -0.2) is 92.5 Å². The maximum Gasteiger partial charge on any atom is 0.312 e. The van der Waals surface area contributed by atoms with Gasteiger partial charge in [0, 0.05) is 86.1 Å². The standard InChI is InChI=1S/C58H70N4O11/c1-11-12-27-62-40(38-22-15-13-16-23-38)29-58(30-41(62)39-24-17-14-18-25-39)60-46-43-44-51(66)36(7)54-45(43)55(68)57(9,73-54)71-28-26-42(70-10)33(4)53(72-37(8)63)35(6)50(65)34(5)49(64)31(2)20-19-21-32(3)56(69)59-48(52(44)67)47(46)61-58/h13-26,28,31,33-35,40-42,49-50,53,60,64-67H,11-12,27,29-30H2,1-10H3/b20-19-,28-26-,32-21-,59-48?/t31-,33+,34+,35-,40-,41+,42-,49-,50-,53+,57-,58?/m0/s1. The van der Waals surface area contributed by atoms with E-state index in [-0.39, 0.29) is 61.7 Å². The van der Waals surface area contributed by atoms with E-state index in [1.807, 2.05) is 36.4 Å². The molecule has 9 rings (SSSR count). The quantitative estimate of drug-likeness (QED) is 0.0872. The van der Waals surface area contributed by atoms with E-state index in [2.05, 4.69) is 46.4 Å². The molecule has 12 atom stereocenters. The van der Waals surface area contributed by atoms with Crippen LogP contribution in [0.2, 0.25) is 0 Å². The molecule has 5 heterocycles. The van der Waals surface area contributed by atoms with Crippen LogP contribution in [0.1, 0.15) is 120 Å². The van der Waals surface area contributed by atoms with Gasteiger partial charge >= 0.3 is 11.8 Å². The van der Waals surface area contributed by atoms with Crippen molar-refractivity contribution in [1.29, 1.82) is 0 Å². The highest BCUT2D eigenvalue weighted by atomic mass is 16.7. The number of benzene rings is 4. The monoisotopic (exact) mass is 999 g/mol. The number of nitrogens with zero attached hydrogens (tertiary/aromatic N) is 3. The number of esters is 1. The summed E-state index contributed by atoms with van der Waals surface area (Å²) in [7, 11) is 1.47. The molecule has 5 N–H and O–H groups in total. The summed E-state index contributed by atoms with van der Waals surface area (Å²) in [5.41, 5.74) is 1.72. The lowest BCUT2D eigenvalue weighted by Crippen LogP contribution is -2.50. The third kappa shape index (κ3) is 9.92. The predicted molar refractivity (Wildman–Crippen MR) is 276 cm³/mol. The van der Waals surface area contributed by atoms with E-state index in [4.69, 9.17) is 23.9 Å². The van der Waals surface area contributed by atoms with Gasteiger partial charge in [-0.15, -0.1) is 0 Å². The van der Waals surface area contributed by atoms with Gasteiger partial charge in [-0.3, -0.25) is 24.3 Å². The molecule has 0 radical (unpaired) electrons. The minimum atomic E-state index is -2.01. The lowest BCUT2D eigenvalue weighted by Gasteiger charge is -2.49. The van der Waals surface area contributed by atoms with Crippen molar-refractivity contribution in [1.82, 2.24) is 4.90 Å². The number of allylic oxidation sites excluding steroid dienone is 2. The Balaban J connectivity index is 1.35. The Labute approximate surface area is 426 Å². The first-order valence-corrected chi connectivity index (χ1v) is 25.5. The fourth-order valence-electron chi connectivity index (χ4n) is 11.4. The molecule has 4 aromatic rings. The van der Waals surface area contributed by atoms with Gasteiger partial charge in [-0.05, 0) is 44.0 Å². The average Bonchev–Trinajstić information content (AvgIpc) is 3.88. The van der Waals surface area contributed by atoms with Crippen molar-refractivity contribution in [3.05, 3.63) is 130 Å². The van der Waals surface area contributed by atoms with Gasteiger partial charge in [0.15, 0.2) is 5.75 Å². The van der Waals surface area contributed by atoms with Crippen LogP contribution in [0, 0.1) is 30.6 Å². The Hall–Kier alpha value is -6.39. The summed E-state index contributed by atoms with van der Waals surface area (Å²) in [5, 5.41) is 51.7. The van der Waals surface area contributed by atoms with Gasteiger partial charge < -0.3 is 44.7 Å². The summed E-state index contributed by atoms with van der Waals surface area (Å²) < 4.78 is 24.4. The zero-order chi connectivity index (χ0) is 52.7. The number of methoxy groups -OCH3 is 1. The number of piperidine rings is 1. The number of nitrogens with one attached hydrogen (secondary N) is 1. The lowest BCUT2D eigenvalue weighted by molar-refractivity contribution is -0.160. The number of carbonyl (C=O) groups excluding carboxylic acids is 3. The van der Waals surface area contributed by atoms with Gasteiger partial charge in [-0.1, -0.05) is 120 Å². The maximum atomic E-state index is 15.2. The zero-order valence-corrected chi connectivity index (χ0v) is 43.5. The van der Waals surface area contributed by atoms with Crippen LogP contribution in [0.4, 0.5) is 5.69 Å².